The van der Waals surface area contributed by atoms with E-state index in [0.717, 1.165) is 19.3 Å². The van der Waals surface area contributed by atoms with Crippen LogP contribution in [0.1, 0.15) is 46.1 Å². The second kappa shape index (κ2) is 7.02. The first-order valence-corrected chi connectivity index (χ1v) is 8.63. The molecule has 9 nitrogen and oxygen atoms in total. The lowest BCUT2D eigenvalue weighted by Crippen LogP contribution is -2.35. The van der Waals surface area contributed by atoms with Gasteiger partial charge in [0.15, 0.2) is 5.69 Å². The van der Waals surface area contributed by atoms with Gasteiger partial charge < -0.3 is 19.6 Å². The maximum atomic E-state index is 12.5. The number of ketones is 1. The molecule has 1 amide bonds. The van der Waals surface area contributed by atoms with Crippen LogP contribution in [-0.2, 0) is 0 Å². The molecule has 138 valence electrons. The van der Waals surface area contributed by atoms with Crippen LogP contribution in [0.15, 0.2) is 39.3 Å². The average molecular weight is 367 g/mol. The Morgan fingerprint density at radius 2 is 1.78 bits per heavy atom. The SMILES string of the molecule is Nc1c(-c2nnc(C(=O)N3CCCCC3)o2)noc1C(=O)c1ccccc1. The summed E-state index contributed by atoms with van der Waals surface area (Å²) in [5, 5.41) is 11.4. The van der Waals surface area contributed by atoms with Gasteiger partial charge >= 0.3 is 11.8 Å². The Labute approximate surface area is 154 Å². The van der Waals surface area contributed by atoms with E-state index in [9.17, 15) is 9.59 Å². The first kappa shape index (κ1) is 17.0. The van der Waals surface area contributed by atoms with Gasteiger partial charge in [-0.15, -0.1) is 10.2 Å². The van der Waals surface area contributed by atoms with Gasteiger partial charge in [0.05, 0.1) is 0 Å². The number of anilines is 1. The van der Waals surface area contributed by atoms with Gasteiger partial charge in [-0.1, -0.05) is 35.5 Å². The van der Waals surface area contributed by atoms with Gasteiger partial charge in [-0.05, 0) is 19.3 Å². The van der Waals surface area contributed by atoms with Crippen molar-refractivity contribution < 1.29 is 18.5 Å². The molecule has 9 heteroatoms. The fraction of sp³-hybridized carbons (Fsp3) is 0.278. The molecular formula is C18H17N5O4. The lowest BCUT2D eigenvalue weighted by molar-refractivity contribution is 0.0684. The summed E-state index contributed by atoms with van der Waals surface area (Å²) in [6.45, 7) is 1.33. The van der Waals surface area contributed by atoms with E-state index in [-0.39, 0.29) is 34.8 Å². The minimum absolute atomic E-state index is 0.00975. The van der Waals surface area contributed by atoms with Crippen LogP contribution in [0, 0.1) is 0 Å². The predicted octanol–water partition coefficient (Wildman–Crippen LogP) is 2.16. The van der Waals surface area contributed by atoms with Crippen molar-refractivity contribution in [3.8, 4) is 11.6 Å². The molecule has 0 spiro atoms. The summed E-state index contributed by atoms with van der Waals surface area (Å²) >= 11 is 0. The summed E-state index contributed by atoms with van der Waals surface area (Å²) < 4.78 is 10.5. The number of aromatic nitrogens is 3. The summed E-state index contributed by atoms with van der Waals surface area (Å²) in [5.74, 6) is -1.04. The lowest BCUT2D eigenvalue weighted by Gasteiger charge is -2.24. The van der Waals surface area contributed by atoms with Gasteiger partial charge in [-0.2, -0.15) is 0 Å². The first-order chi connectivity index (χ1) is 13.1. The van der Waals surface area contributed by atoms with E-state index in [1.165, 1.54) is 0 Å². The number of piperidine rings is 1. The van der Waals surface area contributed by atoms with Crippen LogP contribution in [0.2, 0.25) is 0 Å². The van der Waals surface area contributed by atoms with E-state index in [0.29, 0.717) is 18.7 Å². The second-order valence-corrected chi connectivity index (χ2v) is 6.23. The maximum absolute atomic E-state index is 12.5. The third kappa shape index (κ3) is 3.19. The van der Waals surface area contributed by atoms with E-state index in [4.69, 9.17) is 14.7 Å². The Balaban J connectivity index is 1.58. The van der Waals surface area contributed by atoms with E-state index >= 15 is 0 Å². The highest BCUT2D eigenvalue weighted by Crippen LogP contribution is 2.28. The molecule has 27 heavy (non-hydrogen) atoms. The van der Waals surface area contributed by atoms with Crippen molar-refractivity contribution in [2.45, 2.75) is 19.3 Å². The highest BCUT2D eigenvalue weighted by Gasteiger charge is 2.28. The van der Waals surface area contributed by atoms with Gasteiger partial charge in [0.2, 0.25) is 11.5 Å². The molecular weight excluding hydrogens is 350 g/mol. The number of likely N-dealkylation sites (tertiary alicyclic amines) is 1. The van der Waals surface area contributed by atoms with Gasteiger partial charge in [0.25, 0.3) is 5.89 Å². The molecule has 0 bridgehead atoms. The molecule has 1 aliphatic heterocycles. The number of hydrogen-bond acceptors (Lipinski definition) is 8. The minimum atomic E-state index is -0.406. The number of hydrogen-bond donors (Lipinski definition) is 1. The van der Waals surface area contributed by atoms with Crippen molar-refractivity contribution in [1.29, 1.82) is 0 Å². The number of carbonyl (C=O) groups is 2. The van der Waals surface area contributed by atoms with Crippen LogP contribution >= 0.6 is 0 Å². The van der Waals surface area contributed by atoms with E-state index < -0.39 is 5.78 Å². The average Bonchev–Trinajstić information content (AvgIpc) is 3.35. The van der Waals surface area contributed by atoms with Crippen molar-refractivity contribution in [3.05, 3.63) is 47.5 Å². The molecule has 0 atom stereocenters. The van der Waals surface area contributed by atoms with Crippen molar-refractivity contribution in [1.82, 2.24) is 20.3 Å². The zero-order valence-corrected chi connectivity index (χ0v) is 14.4. The number of rotatable bonds is 4. The number of benzene rings is 1. The van der Waals surface area contributed by atoms with Crippen molar-refractivity contribution in [2.24, 2.45) is 0 Å². The molecule has 1 aromatic carbocycles. The monoisotopic (exact) mass is 367 g/mol. The number of nitrogens with two attached hydrogens (primary N) is 1. The minimum Gasteiger partial charge on any atom is -0.410 e. The summed E-state index contributed by atoms with van der Waals surface area (Å²) in [7, 11) is 0. The number of nitrogens with zero attached hydrogens (tertiary/aromatic N) is 4. The summed E-state index contributed by atoms with van der Waals surface area (Å²) in [4.78, 5) is 26.6. The molecule has 0 saturated carbocycles. The Hall–Kier alpha value is -3.49. The van der Waals surface area contributed by atoms with Crippen LogP contribution in [0.3, 0.4) is 0 Å². The zero-order chi connectivity index (χ0) is 18.8. The number of carbonyl (C=O) groups excluding carboxylic acids is 2. The normalized spacial score (nSPS) is 14.3. The Bertz CT molecular complexity index is 973. The smallest absolute Gasteiger partial charge is 0.311 e. The van der Waals surface area contributed by atoms with Crippen LogP contribution in [-0.4, -0.2) is 45.0 Å². The quantitative estimate of drug-likeness (QED) is 0.695. The summed E-state index contributed by atoms with van der Waals surface area (Å²) in [6.07, 6.45) is 3.01. The molecule has 1 saturated heterocycles. The topological polar surface area (TPSA) is 128 Å². The number of amides is 1. The van der Waals surface area contributed by atoms with Gasteiger partial charge in [-0.3, -0.25) is 9.59 Å². The predicted molar refractivity (Wildman–Crippen MR) is 93.8 cm³/mol. The Morgan fingerprint density at radius 3 is 2.52 bits per heavy atom. The summed E-state index contributed by atoms with van der Waals surface area (Å²) in [5.41, 5.74) is 6.45. The largest absolute Gasteiger partial charge is 0.410 e. The van der Waals surface area contributed by atoms with Crippen molar-refractivity contribution in [2.75, 3.05) is 18.8 Å². The third-order valence-corrected chi connectivity index (χ3v) is 4.42. The molecule has 1 fully saturated rings. The Kier molecular flexibility index (Phi) is 4.41. The first-order valence-electron chi connectivity index (χ1n) is 8.63. The molecule has 1 aliphatic rings. The van der Waals surface area contributed by atoms with Crippen LogP contribution in [0.25, 0.3) is 11.6 Å². The highest BCUT2D eigenvalue weighted by atomic mass is 16.5. The molecule has 2 aromatic heterocycles. The number of nitrogen functional groups attached to an aromatic ring is 1. The molecule has 3 aromatic rings. The third-order valence-electron chi connectivity index (χ3n) is 4.42. The van der Waals surface area contributed by atoms with Crippen LogP contribution in [0.4, 0.5) is 5.69 Å². The van der Waals surface area contributed by atoms with Gasteiger partial charge in [0, 0.05) is 18.7 Å². The standard InChI is InChI=1S/C18H17N5O4/c19-12-13(22-27-15(12)14(24)11-7-3-1-4-8-11)16-20-21-17(26-16)18(25)23-9-5-2-6-10-23/h1,3-4,7-8H,2,5-6,9-10,19H2. The Morgan fingerprint density at radius 1 is 1.04 bits per heavy atom. The van der Waals surface area contributed by atoms with Crippen LogP contribution < -0.4 is 5.73 Å². The van der Waals surface area contributed by atoms with Crippen molar-refractivity contribution >= 4 is 17.4 Å². The van der Waals surface area contributed by atoms with Crippen LogP contribution in [0.5, 0.6) is 0 Å². The lowest BCUT2D eigenvalue weighted by atomic mass is 10.1. The maximum Gasteiger partial charge on any atom is 0.311 e. The van der Waals surface area contributed by atoms with E-state index in [1.807, 2.05) is 0 Å². The molecule has 0 radical (unpaired) electrons. The molecule has 4 rings (SSSR count). The highest BCUT2D eigenvalue weighted by molar-refractivity contribution is 6.11. The van der Waals surface area contributed by atoms with Crippen molar-refractivity contribution in [3.63, 3.8) is 0 Å². The summed E-state index contributed by atoms with van der Waals surface area (Å²) in [6, 6.07) is 8.55. The van der Waals surface area contributed by atoms with E-state index in [2.05, 4.69) is 15.4 Å². The van der Waals surface area contributed by atoms with Gasteiger partial charge in [0.1, 0.15) is 5.69 Å². The molecule has 0 unspecified atom stereocenters. The fourth-order valence-electron chi connectivity index (χ4n) is 2.97. The van der Waals surface area contributed by atoms with E-state index in [1.54, 1.807) is 35.2 Å². The zero-order valence-electron chi connectivity index (χ0n) is 14.4. The second-order valence-electron chi connectivity index (χ2n) is 6.23. The van der Waals surface area contributed by atoms with Gasteiger partial charge in [-0.25, -0.2) is 0 Å². The molecule has 3 heterocycles. The fourth-order valence-corrected chi connectivity index (χ4v) is 2.97. The molecule has 0 aliphatic carbocycles. The molecule has 2 N–H and O–H groups in total.